The summed E-state index contributed by atoms with van der Waals surface area (Å²) in [5.74, 6) is 1.43. The van der Waals surface area contributed by atoms with Crippen LogP contribution in [0.5, 0.6) is 0 Å². The van der Waals surface area contributed by atoms with Gasteiger partial charge in [-0.25, -0.2) is 4.98 Å². The number of aryl methyl sites for hydroxylation is 1. The number of carbonyl (C=O) groups is 1. The Kier molecular flexibility index (Phi) is 8.04. The average molecular weight is 414 g/mol. The normalized spacial score (nSPS) is 15.4. The molecule has 3 rings (SSSR count). The van der Waals surface area contributed by atoms with Gasteiger partial charge in [0, 0.05) is 31.2 Å². The molecule has 29 heavy (non-hydrogen) atoms. The molecule has 0 saturated carbocycles. The van der Waals surface area contributed by atoms with Gasteiger partial charge < -0.3 is 15.5 Å². The summed E-state index contributed by atoms with van der Waals surface area (Å²) >= 11 is 1.70. The molecule has 0 radical (unpaired) electrons. The SMILES string of the molecule is CCc1cnc(CNC(=NC)NCC(=O)N2CCC(Cc3ccccc3)CC2)s1. The van der Waals surface area contributed by atoms with E-state index in [1.807, 2.05) is 11.1 Å². The Morgan fingerprint density at radius 2 is 2.00 bits per heavy atom. The van der Waals surface area contributed by atoms with Crippen LogP contribution >= 0.6 is 11.3 Å². The number of piperidine rings is 1. The van der Waals surface area contributed by atoms with Crippen molar-refractivity contribution >= 4 is 23.2 Å². The number of nitrogens with zero attached hydrogens (tertiary/aromatic N) is 3. The Bertz CT molecular complexity index is 797. The van der Waals surface area contributed by atoms with E-state index < -0.39 is 0 Å². The van der Waals surface area contributed by atoms with E-state index in [-0.39, 0.29) is 12.5 Å². The first-order valence-electron chi connectivity index (χ1n) is 10.4. The van der Waals surface area contributed by atoms with Crippen LogP contribution in [-0.2, 0) is 24.2 Å². The van der Waals surface area contributed by atoms with Crippen molar-refractivity contribution in [2.75, 3.05) is 26.7 Å². The first-order valence-corrected chi connectivity index (χ1v) is 11.2. The highest BCUT2D eigenvalue weighted by Gasteiger charge is 2.22. The highest BCUT2D eigenvalue weighted by atomic mass is 32.1. The van der Waals surface area contributed by atoms with Crippen molar-refractivity contribution in [3.63, 3.8) is 0 Å². The van der Waals surface area contributed by atoms with E-state index in [9.17, 15) is 4.79 Å². The second-order valence-electron chi connectivity index (χ2n) is 7.37. The molecule has 2 aromatic rings. The van der Waals surface area contributed by atoms with Crippen LogP contribution in [0.3, 0.4) is 0 Å². The van der Waals surface area contributed by atoms with E-state index in [2.05, 4.69) is 57.9 Å². The highest BCUT2D eigenvalue weighted by Crippen LogP contribution is 2.21. The summed E-state index contributed by atoms with van der Waals surface area (Å²) in [5.41, 5.74) is 1.39. The fourth-order valence-corrected chi connectivity index (χ4v) is 4.38. The van der Waals surface area contributed by atoms with Gasteiger partial charge in [0.1, 0.15) is 5.01 Å². The number of aliphatic imine (C=N–C) groups is 1. The van der Waals surface area contributed by atoms with E-state index in [0.717, 1.165) is 43.8 Å². The molecule has 0 spiro atoms. The second kappa shape index (κ2) is 11.0. The van der Waals surface area contributed by atoms with Crippen molar-refractivity contribution in [1.29, 1.82) is 0 Å². The number of hydrogen-bond donors (Lipinski definition) is 2. The summed E-state index contributed by atoms with van der Waals surface area (Å²) in [4.78, 5) is 24.4. The van der Waals surface area contributed by atoms with Gasteiger partial charge in [0.2, 0.25) is 5.91 Å². The van der Waals surface area contributed by atoms with Gasteiger partial charge in [-0.2, -0.15) is 0 Å². The van der Waals surface area contributed by atoms with Crippen LogP contribution < -0.4 is 10.6 Å². The quantitative estimate of drug-likeness (QED) is 0.541. The topological polar surface area (TPSA) is 69.6 Å². The monoisotopic (exact) mass is 413 g/mol. The molecule has 1 aromatic heterocycles. The molecule has 0 bridgehead atoms. The lowest BCUT2D eigenvalue weighted by molar-refractivity contribution is -0.131. The van der Waals surface area contributed by atoms with Crippen LogP contribution in [0.25, 0.3) is 0 Å². The molecule has 1 fully saturated rings. The number of amides is 1. The van der Waals surface area contributed by atoms with Crippen molar-refractivity contribution < 1.29 is 4.79 Å². The van der Waals surface area contributed by atoms with E-state index >= 15 is 0 Å². The number of nitrogens with one attached hydrogen (secondary N) is 2. The lowest BCUT2D eigenvalue weighted by Gasteiger charge is -2.32. The molecule has 7 heteroatoms. The molecule has 6 nitrogen and oxygen atoms in total. The standard InChI is InChI=1S/C22H31N5OS/c1-3-19-14-24-20(29-19)15-25-22(23-2)26-16-21(28)27-11-9-18(10-12-27)13-17-7-5-4-6-8-17/h4-8,14,18H,3,9-13,15-16H2,1-2H3,(H2,23,25,26). The van der Waals surface area contributed by atoms with Gasteiger partial charge in [-0.15, -0.1) is 11.3 Å². The average Bonchev–Trinajstić information content (AvgIpc) is 3.23. The lowest BCUT2D eigenvalue weighted by atomic mass is 9.90. The Morgan fingerprint density at radius 1 is 1.24 bits per heavy atom. The first kappa shape index (κ1) is 21.3. The van der Waals surface area contributed by atoms with Gasteiger partial charge in [-0.1, -0.05) is 37.3 Å². The zero-order chi connectivity index (χ0) is 20.5. The fraction of sp³-hybridized carbons (Fsp3) is 0.500. The number of aromatic nitrogens is 1. The van der Waals surface area contributed by atoms with Crippen LogP contribution in [0.4, 0.5) is 0 Å². The van der Waals surface area contributed by atoms with Gasteiger partial charge in [-0.05, 0) is 37.2 Å². The third-order valence-electron chi connectivity index (χ3n) is 5.32. The summed E-state index contributed by atoms with van der Waals surface area (Å²) in [6.45, 7) is 4.68. The van der Waals surface area contributed by atoms with E-state index in [4.69, 9.17) is 0 Å². The van der Waals surface area contributed by atoms with Crippen LogP contribution in [0.2, 0.25) is 0 Å². The van der Waals surface area contributed by atoms with Crippen LogP contribution in [-0.4, -0.2) is 48.4 Å². The summed E-state index contributed by atoms with van der Waals surface area (Å²) in [6.07, 6.45) is 6.16. The molecule has 1 aliphatic rings. The number of thiazole rings is 1. The van der Waals surface area contributed by atoms with Gasteiger partial charge >= 0.3 is 0 Å². The summed E-state index contributed by atoms with van der Waals surface area (Å²) in [7, 11) is 1.72. The van der Waals surface area contributed by atoms with Crippen LogP contribution in [0.15, 0.2) is 41.5 Å². The van der Waals surface area contributed by atoms with Crippen molar-refractivity contribution in [1.82, 2.24) is 20.5 Å². The minimum atomic E-state index is 0.133. The smallest absolute Gasteiger partial charge is 0.241 e. The van der Waals surface area contributed by atoms with Crippen molar-refractivity contribution in [3.05, 3.63) is 52.0 Å². The zero-order valence-electron chi connectivity index (χ0n) is 17.4. The second-order valence-corrected chi connectivity index (χ2v) is 8.57. The minimum absolute atomic E-state index is 0.133. The number of benzene rings is 1. The molecule has 2 N–H and O–H groups in total. The summed E-state index contributed by atoms with van der Waals surface area (Å²) in [5, 5.41) is 7.39. The molecule has 2 heterocycles. The molecule has 1 amide bonds. The van der Waals surface area contributed by atoms with Gasteiger partial charge in [0.05, 0.1) is 13.1 Å². The maximum absolute atomic E-state index is 12.6. The molecule has 0 atom stereocenters. The largest absolute Gasteiger partial charge is 0.350 e. The van der Waals surface area contributed by atoms with Gasteiger partial charge in [0.25, 0.3) is 0 Å². The van der Waals surface area contributed by atoms with E-state index in [1.165, 1.54) is 10.4 Å². The Balaban J connectivity index is 1.37. The zero-order valence-corrected chi connectivity index (χ0v) is 18.2. The molecular formula is C22H31N5OS. The molecule has 0 unspecified atom stereocenters. The summed E-state index contributed by atoms with van der Waals surface area (Å²) < 4.78 is 0. The van der Waals surface area contributed by atoms with E-state index in [0.29, 0.717) is 18.4 Å². The number of carbonyl (C=O) groups excluding carboxylic acids is 1. The maximum atomic E-state index is 12.6. The minimum Gasteiger partial charge on any atom is -0.350 e. The number of guanidine groups is 1. The van der Waals surface area contributed by atoms with Gasteiger partial charge in [-0.3, -0.25) is 9.79 Å². The number of likely N-dealkylation sites (tertiary alicyclic amines) is 1. The van der Waals surface area contributed by atoms with Crippen molar-refractivity contribution in [2.45, 2.75) is 39.2 Å². The number of rotatable bonds is 7. The molecule has 1 aromatic carbocycles. The molecule has 1 saturated heterocycles. The fourth-order valence-electron chi connectivity index (χ4n) is 3.58. The Hall–Kier alpha value is -2.41. The lowest BCUT2D eigenvalue weighted by Crippen LogP contribution is -2.46. The molecule has 1 aliphatic heterocycles. The highest BCUT2D eigenvalue weighted by molar-refractivity contribution is 7.11. The Labute approximate surface area is 177 Å². The number of hydrogen-bond acceptors (Lipinski definition) is 4. The molecular weight excluding hydrogens is 382 g/mol. The third kappa shape index (κ3) is 6.56. The molecule has 0 aliphatic carbocycles. The maximum Gasteiger partial charge on any atom is 0.241 e. The van der Waals surface area contributed by atoms with Gasteiger partial charge in [0.15, 0.2) is 5.96 Å². The first-order chi connectivity index (χ1) is 14.2. The third-order valence-corrected chi connectivity index (χ3v) is 6.46. The summed E-state index contributed by atoms with van der Waals surface area (Å²) in [6, 6.07) is 10.6. The van der Waals surface area contributed by atoms with Crippen molar-refractivity contribution in [2.24, 2.45) is 10.9 Å². The van der Waals surface area contributed by atoms with Crippen molar-refractivity contribution in [3.8, 4) is 0 Å². The van der Waals surface area contributed by atoms with E-state index in [1.54, 1.807) is 18.4 Å². The van der Waals surface area contributed by atoms with Crippen LogP contribution in [0, 0.1) is 5.92 Å². The van der Waals surface area contributed by atoms with Crippen LogP contribution in [0.1, 0.15) is 35.2 Å². The Morgan fingerprint density at radius 3 is 2.66 bits per heavy atom. The molecule has 156 valence electrons. The predicted octanol–water partition coefficient (Wildman–Crippen LogP) is 2.85. The predicted molar refractivity (Wildman–Crippen MR) is 119 cm³/mol.